The number of benzene rings is 1. The summed E-state index contributed by atoms with van der Waals surface area (Å²) in [5.74, 6) is -1.89. The van der Waals surface area contributed by atoms with Crippen LogP contribution in [0.25, 0.3) is 16.9 Å². The molecule has 3 rings (SSSR count). The van der Waals surface area contributed by atoms with Crippen molar-refractivity contribution in [2.45, 2.75) is 26.2 Å². The van der Waals surface area contributed by atoms with Crippen LogP contribution in [0.5, 0.6) is 0 Å². The number of hydrogen-bond acceptors (Lipinski definition) is 4. The van der Waals surface area contributed by atoms with Crippen molar-refractivity contribution in [2.75, 3.05) is 5.73 Å². The summed E-state index contributed by atoms with van der Waals surface area (Å²) >= 11 is 0. The Bertz CT molecular complexity index is 1000. The predicted molar refractivity (Wildman–Crippen MR) is 80.6 cm³/mol. The van der Waals surface area contributed by atoms with E-state index in [2.05, 4.69) is 15.0 Å². The van der Waals surface area contributed by atoms with E-state index >= 15 is 0 Å². The van der Waals surface area contributed by atoms with E-state index in [1.165, 1.54) is 6.07 Å². The molecule has 1 aromatic carbocycles. The Kier molecular flexibility index (Phi) is 3.85. The summed E-state index contributed by atoms with van der Waals surface area (Å²) in [4.78, 5) is 9.53. The van der Waals surface area contributed by atoms with E-state index in [1.54, 1.807) is 19.9 Å². The van der Waals surface area contributed by atoms with Crippen LogP contribution < -0.4 is 5.73 Å². The molecule has 0 aliphatic carbocycles. The van der Waals surface area contributed by atoms with Crippen LogP contribution in [0.4, 0.5) is 32.0 Å². The van der Waals surface area contributed by atoms with E-state index in [9.17, 15) is 26.3 Å². The first kappa shape index (κ1) is 18.0. The van der Waals surface area contributed by atoms with Gasteiger partial charge in [0.15, 0.2) is 11.3 Å². The molecule has 26 heavy (non-hydrogen) atoms. The molecule has 0 spiro atoms. The molecule has 0 bridgehead atoms. The van der Waals surface area contributed by atoms with Gasteiger partial charge in [-0.05, 0) is 37.1 Å². The van der Waals surface area contributed by atoms with Crippen LogP contribution in [0.15, 0.2) is 18.5 Å². The van der Waals surface area contributed by atoms with Gasteiger partial charge in [0, 0.05) is 5.69 Å². The highest BCUT2D eigenvalue weighted by atomic mass is 19.4. The number of nitrogens with two attached hydrogens (primary N) is 1. The van der Waals surface area contributed by atoms with Gasteiger partial charge in [0.05, 0.1) is 5.69 Å². The molecule has 11 heteroatoms. The normalized spacial score (nSPS) is 12.8. The van der Waals surface area contributed by atoms with Gasteiger partial charge in [-0.2, -0.15) is 26.3 Å². The van der Waals surface area contributed by atoms with Crippen LogP contribution in [0, 0.1) is 13.8 Å². The maximum absolute atomic E-state index is 13.2. The van der Waals surface area contributed by atoms with Gasteiger partial charge in [0.2, 0.25) is 5.82 Å². The lowest BCUT2D eigenvalue weighted by molar-refractivity contribution is -0.151. The topological polar surface area (TPSA) is 69.6 Å². The van der Waals surface area contributed by atoms with Crippen molar-refractivity contribution in [1.29, 1.82) is 0 Å². The van der Waals surface area contributed by atoms with Crippen LogP contribution in [-0.4, -0.2) is 19.5 Å². The van der Waals surface area contributed by atoms with Crippen molar-refractivity contribution in [3.63, 3.8) is 0 Å². The maximum atomic E-state index is 13.2. The molecule has 0 amide bonds. The average Bonchev–Trinajstić information content (AvgIpc) is 2.91. The second-order valence-corrected chi connectivity index (χ2v) is 5.67. The van der Waals surface area contributed by atoms with Gasteiger partial charge in [0.1, 0.15) is 11.8 Å². The molecule has 138 valence electrons. The monoisotopic (exact) mass is 375 g/mol. The molecule has 3 aromatic rings. The van der Waals surface area contributed by atoms with Crippen LogP contribution >= 0.6 is 0 Å². The molecule has 0 saturated heterocycles. The SMILES string of the molecule is Cc1cc(-n2cnc3c(C(F)(F)F)nc(C(F)(F)F)nc32)c(C)cc1N. The van der Waals surface area contributed by atoms with Crippen molar-refractivity contribution in [1.82, 2.24) is 19.5 Å². The fraction of sp³-hybridized carbons (Fsp3) is 0.267. The van der Waals surface area contributed by atoms with Gasteiger partial charge in [-0.25, -0.2) is 15.0 Å². The zero-order valence-corrected chi connectivity index (χ0v) is 13.4. The lowest BCUT2D eigenvalue weighted by atomic mass is 10.1. The molecule has 2 heterocycles. The van der Waals surface area contributed by atoms with Crippen molar-refractivity contribution < 1.29 is 26.3 Å². The zero-order valence-electron chi connectivity index (χ0n) is 13.4. The molecular weight excluding hydrogens is 364 g/mol. The second-order valence-electron chi connectivity index (χ2n) is 5.67. The Morgan fingerprint density at radius 1 is 0.923 bits per heavy atom. The fourth-order valence-electron chi connectivity index (χ4n) is 2.48. The maximum Gasteiger partial charge on any atom is 0.451 e. The number of nitrogen functional groups attached to an aromatic ring is 1. The predicted octanol–water partition coefficient (Wildman–Crippen LogP) is 4.05. The minimum absolute atomic E-state index is 0.319. The number of fused-ring (bicyclic) bond motifs is 1. The van der Waals surface area contributed by atoms with Crippen molar-refractivity contribution in [3.05, 3.63) is 41.1 Å². The Hall–Kier alpha value is -2.85. The van der Waals surface area contributed by atoms with Crippen molar-refractivity contribution in [3.8, 4) is 5.69 Å². The first-order valence-electron chi connectivity index (χ1n) is 7.16. The van der Waals surface area contributed by atoms with E-state index in [-0.39, 0.29) is 0 Å². The smallest absolute Gasteiger partial charge is 0.399 e. The van der Waals surface area contributed by atoms with E-state index < -0.39 is 35.0 Å². The van der Waals surface area contributed by atoms with E-state index in [1.807, 2.05) is 0 Å². The zero-order chi connectivity index (χ0) is 19.4. The number of halogens is 6. The van der Waals surface area contributed by atoms with Crippen LogP contribution in [0.2, 0.25) is 0 Å². The summed E-state index contributed by atoms with van der Waals surface area (Å²) in [6, 6.07) is 3.10. The summed E-state index contributed by atoms with van der Waals surface area (Å²) in [6.07, 6.45) is -9.28. The van der Waals surface area contributed by atoms with Gasteiger partial charge >= 0.3 is 12.4 Å². The highest BCUT2D eigenvalue weighted by molar-refractivity contribution is 5.77. The standard InChI is InChI=1S/C15H11F6N5/c1-6-4-9(7(2)3-8(6)22)26-5-23-10-11(14(16,17)18)24-13(15(19,20)21)25-12(10)26/h3-5H,22H2,1-2H3. The number of alkyl halides is 6. The average molecular weight is 375 g/mol. The van der Waals surface area contributed by atoms with Gasteiger partial charge in [-0.15, -0.1) is 0 Å². The molecule has 0 fully saturated rings. The van der Waals surface area contributed by atoms with Gasteiger partial charge in [-0.1, -0.05) is 0 Å². The fourth-order valence-corrected chi connectivity index (χ4v) is 2.48. The number of aromatic nitrogens is 4. The summed E-state index contributed by atoms with van der Waals surface area (Å²) in [7, 11) is 0. The van der Waals surface area contributed by atoms with Gasteiger partial charge in [-0.3, -0.25) is 4.57 Å². The minimum Gasteiger partial charge on any atom is -0.399 e. The van der Waals surface area contributed by atoms with Gasteiger partial charge < -0.3 is 5.73 Å². The molecule has 0 radical (unpaired) electrons. The summed E-state index contributed by atoms with van der Waals surface area (Å²) in [6.45, 7) is 3.28. The number of nitrogens with zero attached hydrogens (tertiary/aromatic N) is 4. The van der Waals surface area contributed by atoms with Crippen LogP contribution in [0.3, 0.4) is 0 Å². The molecule has 2 N–H and O–H groups in total. The number of aryl methyl sites for hydroxylation is 2. The Balaban J connectivity index is 2.38. The molecule has 2 aromatic heterocycles. The van der Waals surface area contributed by atoms with Gasteiger partial charge in [0.25, 0.3) is 0 Å². The van der Waals surface area contributed by atoms with Crippen LogP contribution in [-0.2, 0) is 12.4 Å². The highest BCUT2D eigenvalue weighted by Gasteiger charge is 2.42. The minimum atomic E-state index is -5.14. The first-order valence-corrected chi connectivity index (χ1v) is 7.16. The largest absolute Gasteiger partial charge is 0.451 e. The van der Waals surface area contributed by atoms with Crippen LogP contribution in [0.1, 0.15) is 22.6 Å². The summed E-state index contributed by atoms with van der Waals surface area (Å²) < 4.78 is 79.5. The van der Waals surface area contributed by atoms with E-state index in [0.717, 1.165) is 10.9 Å². The van der Waals surface area contributed by atoms with E-state index in [4.69, 9.17) is 5.73 Å². The molecule has 0 aliphatic heterocycles. The quantitative estimate of drug-likeness (QED) is 0.515. The molecule has 0 atom stereocenters. The summed E-state index contributed by atoms with van der Waals surface area (Å²) in [5.41, 5.74) is 4.58. The third-order valence-corrected chi connectivity index (χ3v) is 3.76. The number of rotatable bonds is 1. The van der Waals surface area contributed by atoms with E-state index in [0.29, 0.717) is 22.5 Å². The van der Waals surface area contributed by atoms with Crippen molar-refractivity contribution in [2.24, 2.45) is 0 Å². The Morgan fingerprint density at radius 2 is 1.58 bits per heavy atom. The molecule has 5 nitrogen and oxygen atoms in total. The lowest BCUT2D eigenvalue weighted by Crippen LogP contribution is -2.18. The Morgan fingerprint density at radius 3 is 2.15 bits per heavy atom. The first-order chi connectivity index (χ1) is 11.9. The Labute approximate surface area is 142 Å². The number of imidazole rings is 1. The molecule has 0 unspecified atom stereocenters. The molecule has 0 aliphatic rings. The molecule has 0 saturated carbocycles. The number of hydrogen-bond donors (Lipinski definition) is 1. The second kappa shape index (κ2) is 5.58. The van der Waals surface area contributed by atoms with Crippen molar-refractivity contribution >= 4 is 16.9 Å². The third kappa shape index (κ3) is 2.93. The lowest BCUT2D eigenvalue weighted by Gasteiger charge is -2.13. The highest BCUT2D eigenvalue weighted by Crippen LogP contribution is 2.36. The number of anilines is 1. The molecular formula is C15H11F6N5. The third-order valence-electron chi connectivity index (χ3n) is 3.76. The summed E-state index contributed by atoms with van der Waals surface area (Å²) in [5, 5.41) is 0.